The minimum atomic E-state index is 0.474. The summed E-state index contributed by atoms with van der Waals surface area (Å²) in [5, 5.41) is 0. The largest absolute Gasteiger partial charge is 0.327 e. The van der Waals surface area contributed by atoms with E-state index in [0.29, 0.717) is 6.04 Å². The monoisotopic (exact) mass is 197 g/mol. The van der Waals surface area contributed by atoms with Crippen LogP contribution in [0.3, 0.4) is 0 Å². The first-order valence-electron chi connectivity index (χ1n) is 6.48. The summed E-state index contributed by atoms with van der Waals surface area (Å²) in [6.45, 7) is 6.87. The molecule has 84 valence electrons. The molecule has 0 aromatic heterocycles. The van der Waals surface area contributed by atoms with Gasteiger partial charge in [-0.05, 0) is 30.6 Å². The molecule has 1 saturated carbocycles. The van der Waals surface area contributed by atoms with Crippen molar-refractivity contribution in [2.45, 2.75) is 65.3 Å². The third-order valence-electron chi connectivity index (χ3n) is 4.30. The summed E-state index contributed by atoms with van der Waals surface area (Å²) in [5.41, 5.74) is 6.36. The molecule has 0 aromatic rings. The van der Waals surface area contributed by atoms with E-state index in [-0.39, 0.29) is 0 Å². The summed E-state index contributed by atoms with van der Waals surface area (Å²) in [4.78, 5) is 0. The van der Waals surface area contributed by atoms with Crippen LogP contribution < -0.4 is 5.73 Å². The van der Waals surface area contributed by atoms with Gasteiger partial charge in [0.15, 0.2) is 0 Å². The fourth-order valence-corrected chi connectivity index (χ4v) is 3.05. The molecule has 1 aliphatic rings. The summed E-state index contributed by atoms with van der Waals surface area (Å²) in [5.74, 6) is 2.56. The maximum atomic E-state index is 6.36. The van der Waals surface area contributed by atoms with E-state index in [1.165, 1.54) is 38.5 Å². The van der Waals surface area contributed by atoms with Gasteiger partial charge >= 0.3 is 0 Å². The average molecular weight is 197 g/mol. The van der Waals surface area contributed by atoms with Crippen molar-refractivity contribution >= 4 is 0 Å². The van der Waals surface area contributed by atoms with Gasteiger partial charge in [0.1, 0.15) is 0 Å². The van der Waals surface area contributed by atoms with Gasteiger partial charge in [-0.1, -0.05) is 46.5 Å². The minimum absolute atomic E-state index is 0.474. The number of hydrogen-bond donors (Lipinski definition) is 1. The summed E-state index contributed by atoms with van der Waals surface area (Å²) in [6.07, 6.45) is 8.07. The Morgan fingerprint density at radius 1 is 1.14 bits per heavy atom. The van der Waals surface area contributed by atoms with E-state index < -0.39 is 0 Å². The van der Waals surface area contributed by atoms with Crippen LogP contribution in [0.25, 0.3) is 0 Å². The highest BCUT2D eigenvalue weighted by Gasteiger charge is 2.30. The van der Waals surface area contributed by atoms with Crippen LogP contribution in [-0.2, 0) is 0 Å². The molecule has 1 aliphatic carbocycles. The number of nitrogens with two attached hydrogens (primary N) is 1. The van der Waals surface area contributed by atoms with E-state index in [4.69, 9.17) is 5.73 Å². The first-order chi connectivity index (χ1) is 6.72. The molecule has 3 unspecified atom stereocenters. The standard InChI is InChI=1S/C13H27N/c1-4-10-7-8-12(9-10)13(14)11(5-2)6-3/h10-13H,4-9,14H2,1-3H3. The molecule has 0 spiro atoms. The summed E-state index contributed by atoms with van der Waals surface area (Å²) in [6, 6.07) is 0.474. The van der Waals surface area contributed by atoms with Crippen LogP contribution in [0.4, 0.5) is 0 Å². The number of hydrogen-bond acceptors (Lipinski definition) is 1. The van der Waals surface area contributed by atoms with Crippen molar-refractivity contribution in [3.05, 3.63) is 0 Å². The topological polar surface area (TPSA) is 26.0 Å². The Bertz CT molecular complexity index is 151. The Morgan fingerprint density at radius 2 is 1.79 bits per heavy atom. The third-order valence-corrected chi connectivity index (χ3v) is 4.30. The molecule has 3 atom stereocenters. The van der Waals surface area contributed by atoms with Crippen molar-refractivity contribution in [1.29, 1.82) is 0 Å². The zero-order valence-corrected chi connectivity index (χ0v) is 10.1. The average Bonchev–Trinajstić information content (AvgIpc) is 2.67. The van der Waals surface area contributed by atoms with E-state index in [0.717, 1.165) is 17.8 Å². The lowest BCUT2D eigenvalue weighted by atomic mass is 9.84. The van der Waals surface area contributed by atoms with Gasteiger partial charge in [-0.15, -0.1) is 0 Å². The predicted molar refractivity (Wildman–Crippen MR) is 63.2 cm³/mol. The van der Waals surface area contributed by atoms with Crippen LogP contribution in [0.5, 0.6) is 0 Å². The minimum Gasteiger partial charge on any atom is -0.327 e. The molecule has 0 aliphatic heterocycles. The predicted octanol–water partition coefficient (Wildman–Crippen LogP) is 3.58. The summed E-state index contributed by atoms with van der Waals surface area (Å²) >= 11 is 0. The van der Waals surface area contributed by atoms with E-state index in [1.54, 1.807) is 0 Å². The SMILES string of the molecule is CCC1CCC(C(N)C(CC)CC)C1. The van der Waals surface area contributed by atoms with Gasteiger partial charge in [0.05, 0.1) is 0 Å². The van der Waals surface area contributed by atoms with Crippen molar-refractivity contribution in [2.24, 2.45) is 23.5 Å². The molecular formula is C13H27N. The van der Waals surface area contributed by atoms with Crippen molar-refractivity contribution in [3.8, 4) is 0 Å². The zero-order chi connectivity index (χ0) is 10.6. The molecule has 2 N–H and O–H groups in total. The fraction of sp³-hybridized carbons (Fsp3) is 1.00. The molecule has 14 heavy (non-hydrogen) atoms. The second-order valence-electron chi connectivity index (χ2n) is 5.00. The fourth-order valence-electron chi connectivity index (χ4n) is 3.05. The summed E-state index contributed by atoms with van der Waals surface area (Å²) < 4.78 is 0. The molecule has 0 heterocycles. The van der Waals surface area contributed by atoms with Crippen molar-refractivity contribution < 1.29 is 0 Å². The van der Waals surface area contributed by atoms with E-state index in [1.807, 2.05) is 0 Å². The normalized spacial score (nSPS) is 29.8. The lowest BCUT2D eigenvalue weighted by Gasteiger charge is -2.27. The lowest BCUT2D eigenvalue weighted by molar-refractivity contribution is 0.290. The maximum absolute atomic E-state index is 6.36. The lowest BCUT2D eigenvalue weighted by Crippen LogP contribution is -2.36. The second-order valence-corrected chi connectivity index (χ2v) is 5.00. The van der Waals surface area contributed by atoms with Gasteiger partial charge in [-0.3, -0.25) is 0 Å². The highest BCUT2D eigenvalue weighted by molar-refractivity contribution is 4.85. The van der Waals surface area contributed by atoms with Crippen LogP contribution in [-0.4, -0.2) is 6.04 Å². The van der Waals surface area contributed by atoms with Crippen LogP contribution >= 0.6 is 0 Å². The Morgan fingerprint density at radius 3 is 2.21 bits per heavy atom. The zero-order valence-electron chi connectivity index (χ0n) is 10.1. The molecule has 0 amide bonds. The van der Waals surface area contributed by atoms with Gasteiger partial charge in [0, 0.05) is 6.04 Å². The van der Waals surface area contributed by atoms with E-state index in [2.05, 4.69) is 20.8 Å². The third kappa shape index (κ3) is 2.73. The molecule has 0 radical (unpaired) electrons. The Balaban J connectivity index is 2.41. The smallest absolute Gasteiger partial charge is 0.00955 e. The molecule has 1 rings (SSSR count). The van der Waals surface area contributed by atoms with Crippen LogP contribution in [0.15, 0.2) is 0 Å². The second kappa shape index (κ2) is 5.75. The van der Waals surface area contributed by atoms with Crippen LogP contribution in [0.2, 0.25) is 0 Å². The molecule has 1 nitrogen and oxygen atoms in total. The van der Waals surface area contributed by atoms with Gasteiger partial charge in [0.2, 0.25) is 0 Å². The van der Waals surface area contributed by atoms with Crippen molar-refractivity contribution in [1.82, 2.24) is 0 Å². The first-order valence-corrected chi connectivity index (χ1v) is 6.48. The van der Waals surface area contributed by atoms with Gasteiger partial charge in [-0.2, -0.15) is 0 Å². The highest BCUT2D eigenvalue weighted by atomic mass is 14.7. The molecule has 0 aromatic carbocycles. The Hall–Kier alpha value is -0.0400. The Kier molecular flexibility index (Phi) is 4.94. The van der Waals surface area contributed by atoms with E-state index in [9.17, 15) is 0 Å². The van der Waals surface area contributed by atoms with Gasteiger partial charge in [-0.25, -0.2) is 0 Å². The maximum Gasteiger partial charge on any atom is 0.00955 e. The van der Waals surface area contributed by atoms with Gasteiger partial charge in [0.25, 0.3) is 0 Å². The van der Waals surface area contributed by atoms with E-state index >= 15 is 0 Å². The molecule has 1 heteroatoms. The molecule has 1 fully saturated rings. The quantitative estimate of drug-likeness (QED) is 0.716. The molecule has 0 bridgehead atoms. The summed E-state index contributed by atoms with van der Waals surface area (Å²) in [7, 11) is 0. The Labute approximate surface area is 89.5 Å². The highest BCUT2D eigenvalue weighted by Crippen LogP contribution is 2.37. The number of rotatable bonds is 5. The van der Waals surface area contributed by atoms with Crippen LogP contribution in [0.1, 0.15) is 59.3 Å². The van der Waals surface area contributed by atoms with Crippen LogP contribution in [0, 0.1) is 17.8 Å². The first kappa shape index (κ1) is 12.0. The molecular weight excluding hydrogens is 170 g/mol. The molecule has 0 saturated heterocycles. The van der Waals surface area contributed by atoms with Crippen molar-refractivity contribution in [2.75, 3.05) is 0 Å². The van der Waals surface area contributed by atoms with Gasteiger partial charge < -0.3 is 5.73 Å². The van der Waals surface area contributed by atoms with Crippen molar-refractivity contribution in [3.63, 3.8) is 0 Å².